The van der Waals surface area contributed by atoms with Crippen molar-refractivity contribution in [2.75, 3.05) is 0 Å². The van der Waals surface area contributed by atoms with Crippen LogP contribution < -0.4 is 0 Å². The van der Waals surface area contributed by atoms with Crippen LogP contribution in [-0.4, -0.2) is 4.98 Å². The van der Waals surface area contributed by atoms with Crippen molar-refractivity contribution in [3.8, 4) is 33.5 Å². The van der Waals surface area contributed by atoms with E-state index in [1.54, 1.807) is 0 Å². The summed E-state index contributed by atoms with van der Waals surface area (Å²) in [6, 6.07) is 30.2. The van der Waals surface area contributed by atoms with Crippen LogP contribution in [0.4, 0.5) is 0 Å². The first-order valence-corrected chi connectivity index (χ1v) is 9.41. The number of rotatable bonds is 1. The lowest BCUT2D eigenvalue weighted by Crippen LogP contribution is -2.20. The topological polar surface area (TPSA) is 12.9 Å². The van der Waals surface area contributed by atoms with Crippen LogP contribution in [0.15, 0.2) is 91.1 Å². The van der Waals surface area contributed by atoms with Gasteiger partial charge < -0.3 is 0 Å². The van der Waals surface area contributed by atoms with Crippen molar-refractivity contribution in [3.05, 3.63) is 102 Å². The van der Waals surface area contributed by atoms with Crippen molar-refractivity contribution in [1.82, 2.24) is 4.98 Å². The third kappa shape index (κ3) is 2.43. The van der Waals surface area contributed by atoms with Gasteiger partial charge in [0.2, 0.25) is 0 Å². The molecule has 27 heavy (non-hydrogen) atoms. The average Bonchev–Trinajstić information content (AvgIpc) is 2.81. The number of aromatic nitrogens is 1. The molecule has 0 saturated heterocycles. The van der Waals surface area contributed by atoms with Gasteiger partial charge in [0.1, 0.15) is 0 Å². The second-order valence-electron chi connectivity index (χ2n) is 7.70. The van der Waals surface area contributed by atoms with E-state index < -0.39 is 0 Å². The first-order valence-electron chi connectivity index (χ1n) is 9.41. The molecule has 1 heterocycles. The predicted octanol–water partition coefficient (Wildman–Crippen LogP) is 6.72. The van der Waals surface area contributed by atoms with Gasteiger partial charge in [0.05, 0.1) is 5.69 Å². The van der Waals surface area contributed by atoms with E-state index in [1.165, 1.54) is 33.4 Å². The van der Waals surface area contributed by atoms with Gasteiger partial charge in [-0.25, -0.2) is 0 Å². The van der Waals surface area contributed by atoms with Gasteiger partial charge in [0, 0.05) is 22.7 Å². The Morgan fingerprint density at radius 2 is 1.19 bits per heavy atom. The highest BCUT2D eigenvalue weighted by molar-refractivity contribution is 5.90. The molecule has 0 bridgehead atoms. The minimum atomic E-state index is -0.114. The highest BCUT2D eigenvalue weighted by Gasteiger charge is 2.33. The van der Waals surface area contributed by atoms with Gasteiger partial charge >= 0.3 is 0 Å². The zero-order valence-electron chi connectivity index (χ0n) is 15.6. The molecule has 1 nitrogen and oxygen atoms in total. The Hall–Kier alpha value is -3.19. The second kappa shape index (κ2) is 5.92. The van der Waals surface area contributed by atoms with E-state index in [2.05, 4.69) is 98.9 Å². The maximum absolute atomic E-state index is 4.83. The number of hydrogen-bond acceptors (Lipinski definition) is 1. The van der Waals surface area contributed by atoms with Crippen molar-refractivity contribution in [2.24, 2.45) is 0 Å². The Morgan fingerprint density at radius 3 is 1.93 bits per heavy atom. The maximum Gasteiger partial charge on any atom is 0.0705 e. The summed E-state index contributed by atoms with van der Waals surface area (Å²) in [6.07, 6.45) is 2.06. The zero-order valence-corrected chi connectivity index (χ0v) is 15.6. The maximum atomic E-state index is 4.83. The summed E-state index contributed by atoms with van der Waals surface area (Å²) in [5.74, 6) is 0. The third-order valence-corrected chi connectivity index (χ3v) is 5.75. The molecule has 0 spiro atoms. The molecule has 1 aliphatic carbocycles. The van der Waals surface area contributed by atoms with Crippen LogP contribution in [-0.2, 0) is 5.41 Å². The van der Waals surface area contributed by atoms with Crippen LogP contribution in [0.25, 0.3) is 33.5 Å². The Balaban J connectivity index is 1.86. The monoisotopic (exact) mass is 347 g/mol. The summed E-state index contributed by atoms with van der Waals surface area (Å²) in [5.41, 5.74) is 9.85. The van der Waals surface area contributed by atoms with Crippen LogP contribution in [0.3, 0.4) is 0 Å². The Labute approximate surface area is 160 Å². The molecule has 130 valence electrons. The summed E-state index contributed by atoms with van der Waals surface area (Å²) >= 11 is 0. The van der Waals surface area contributed by atoms with E-state index in [0.717, 1.165) is 11.3 Å². The van der Waals surface area contributed by atoms with Crippen LogP contribution in [0, 0.1) is 0 Å². The van der Waals surface area contributed by atoms with E-state index in [9.17, 15) is 0 Å². The van der Waals surface area contributed by atoms with Gasteiger partial charge in [-0.05, 0) is 33.9 Å². The molecule has 4 aromatic rings. The number of fused-ring (bicyclic) bond motifs is 5. The SMILES string of the molecule is CC1(C)c2ccccc2-c2ccccc2-c2cnc(-c3ccccc3)cc21. The Bertz CT molecular complexity index is 1140. The third-order valence-electron chi connectivity index (χ3n) is 5.75. The molecule has 0 radical (unpaired) electrons. The molecule has 3 aromatic carbocycles. The molecular weight excluding hydrogens is 326 g/mol. The van der Waals surface area contributed by atoms with E-state index >= 15 is 0 Å². The van der Waals surface area contributed by atoms with E-state index in [1.807, 2.05) is 6.07 Å². The van der Waals surface area contributed by atoms with Crippen LogP contribution in [0.1, 0.15) is 25.0 Å². The first-order chi connectivity index (χ1) is 13.2. The Morgan fingerprint density at radius 1 is 0.593 bits per heavy atom. The summed E-state index contributed by atoms with van der Waals surface area (Å²) < 4.78 is 0. The fourth-order valence-corrected chi connectivity index (χ4v) is 4.31. The molecule has 5 rings (SSSR count). The largest absolute Gasteiger partial charge is 0.256 e. The molecule has 0 unspecified atom stereocenters. The van der Waals surface area contributed by atoms with Gasteiger partial charge in [0.15, 0.2) is 0 Å². The molecule has 0 atom stereocenters. The minimum absolute atomic E-state index is 0.114. The molecule has 0 aliphatic heterocycles. The molecule has 0 amide bonds. The van der Waals surface area contributed by atoms with Gasteiger partial charge in [-0.2, -0.15) is 0 Å². The predicted molar refractivity (Wildman–Crippen MR) is 113 cm³/mol. The quantitative estimate of drug-likeness (QED) is 0.372. The number of benzene rings is 3. The van der Waals surface area contributed by atoms with Gasteiger partial charge in [0.25, 0.3) is 0 Å². The summed E-state index contributed by atoms with van der Waals surface area (Å²) in [5, 5.41) is 0. The molecule has 1 heteroatoms. The van der Waals surface area contributed by atoms with Crippen molar-refractivity contribution in [2.45, 2.75) is 19.3 Å². The molecule has 0 fully saturated rings. The fourth-order valence-electron chi connectivity index (χ4n) is 4.31. The van der Waals surface area contributed by atoms with Crippen molar-refractivity contribution >= 4 is 0 Å². The number of hydrogen-bond donors (Lipinski definition) is 0. The van der Waals surface area contributed by atoms with Crippen LogP contribution in [0.2, 0.25) is 0 Å². The van der Waals surface area contributed by atoms with Gasteiger partial charge in [-0.3, -0.25) is 4.98 Å². The van der Waals surface area contributed by atoms with Crippen molar-refractivity contribution in [3.63, 3.8) is 0 Å². The smallest absolute Gasteiger partial charge is 0.0705 e. The molecule has 0 saturated carbocycles. The molecule has 1 aromatic heterocycles. The van der Waals surface area contributed by atoms with E-state index in [0.29, 0.717) is 0 Å². The summed E-state index contributed by atoms with van der Waals surface area (Å²) in [6.45, 7) is 4.65. The fraction of sp³-hybridized carbons (Fsp3) is 0.115. The molecular formula is C26H21N. The van der Waals surface area contributed by atoms with Gasteiger partial charge in [-0.1, -0.05) is 92.7 Å². The zero-order chi connectivity index (χ0) is 18.4. The highest BCUT2D eigenvalue weighted by atomic mass is 14.7. The lowest BCUT2D eigenvalue weighted by atomic mass is 9.75. The summed E-state index contributed by atoms with van der Waals surface area (Å²) in [4.78, 5) is 4.83. The number of nitrogens with zero attached hydrogens (tertiary/aromatic N) is 1. The van der Waals surface area contributed by atoms with Crippen LogP contribution >= 0.6 is 0 Å². The van der Waals surface area contributed by atoms with Crippen LogP contribution in [0.5, 0.6) is 0 Å². The number of pyridine rings is 1. The summed E-state index contributed by atoms with van der Waals surface area (Å²) in [7, 11) is 0. The lowest BCUT2D eigenvalue weighted by molar-refractivity contribution is 0.645. The van der Waals surface area contributed by atoms with E-state index in [-0.39, 0.29) is 5.41 Å². The van der Waals surface area contributed by atoms with E-state index in [4.69, 9.17) is 4.98 Å². The standard InChI is InChI=1S/C26H21N/c1-26(2)23-15-9-8-14-21(23)19-12-6-7-13-20(19)22-17-27-25(16-24(22)26)18-10-4-3-5-11-18/h3-17H,1-2H3. The van der Waals surface area contributed by atoms with Crippen molar-refractivity contribution < 1.29 is 0 Å². The minimum Gasteiger partial charge on any atom is -0.256 e. The highest BCUT2D eigenvalue weighted by Crippen LogP contribution is 2.48. The van der Waals surface area contributed by atoms with Gasteiger partial charge in [-0.15, -0.1) is 0 Å². The molecule has 1 aliphatic rings. The first kappa shape index (κ1) is 16.0. The lowest BCUT2D eigenvalue weighted by Gasteiger charge is -2.28. The average molecular weight is 347 g/mol. The Kier molecular flexibility index (Phi) is 3.51. The van der Waals surface area contributed by atoms with Crippen molar-refractivity contribution in [1.29, 1.82) is 0 Å². The molecule has 0 N–H and O–H groups in total. The normalized spacial score (nSPS) is 13.9. The second-order valence-corrected chi connectivity index (χ2v) is 7.70.